The summed E-state index contributed by atoms with van der Waals surface area (Å²) in [6, 6.07) is 71.8. The number of hydrogen-bond acceptors (Lipinski definition) is 4. The second kappa shape index (κ2) is 13.4. The summed E-state index contributed by atoms with van der Waals surface area (Å²) in [7, 11) is 0. The Balaban J connectivity index is 0.987. The number of nitrogens with zero attached hydrogens (tertiary/aromatic N) is 3. The van der Waals surface area contributed by atoms with E-state index in [0.29, 0.717) is 0 Å². The SMILES string of the molecule is c1ccc(-c2ccc3ccc4ccc(-c5ccc(-c6cccc7nc(-c8cccc9c%10ccccc%10c%10ccccc%10c89)c8c9ccccc9sc8c67)cc5)nc4c3n2)cc1. The number of aromatic nitrogens is 3. The van der Waals surface area contributed by atoms with Gasteiger partial charge in [-0.25, -0.2) is 15.0 Å². The Hall–Kier alpha value is -7.79. The summed E-state index contributed by atoms with van der Waals surface area (Å²) in [5.41, 5.74) is 11.3. The maximum Gasteiger partial charge on any atom is 0.0972 e. The second-order valence-electron chi connectivity index (χ2n) is 15.8. The minimum absolute atomic E-state index is 0.910. The molecule has 0 aliphatic carbocycles. The number of benzene rings is 9. The third kappa shape index (κ3) is 5.26. The second-order valence-corrected chi connectivity index (χ2v) is 16.9. The summed E-state index contributed by atoms with van der Waals surface area (Å²) < 4.78 is 2.52. The van der Waals surface area contributed by atoms with E-state index in [1.165, 1.54) is 63.4 Å². The molecule has 61 heavy (non-hydrogen) atoms. The molecule has 0 unspecified atom stereocenters. The van der Waals surface area contributed by atoms with Crippen LogP contribution in [-0.4, -0.2) is 15.0 Å². The van der Waals surface area contributed by atoms with Crippen LogP contribution in [-0.2, 0) is 0 Å². The van der Waals surface area contributed by atoms with Gasteiger partial charge in [-0.1, -0.05) is 176 Å². The molecule has 13 aromatic rings. The molecule has 4 heteroatoms. The maximum atomic E-state index is 5.65. The van der Waals surface area contributed by atoms with Gasteiger partial charge in [-0.15, -0.1) is 11.3 Å². The standard InChI is InChI=1S/C57H33N3S/c1-2-12-35(13-3-1)47-32-30-37-28-29-38-31-33-48(59-55(38)54(37)58-47)36-26-24-34(25-27-36)39-19-11-22-49-52(39)57-53(45-18-8-9-23-50(45)61-57)56(60-49)46-21-10-20-44-42-15-5-4-14-40(42)41-16-6-7-17-43(41)51(44)46/h1-33H. The van der Waals surface area contributed by atoms with E-state index < -0.39 is 0 Å². The van der Waals surface area contributed by atoms with Gasteiger partial charge in [0.25, 0.3) is 0 Å². The molecular weight excluding hydrogens is 759 g/mol. The minimum atomic E-state index is 0.910. The van der Waals surface area contributed by atoms with Gasteiger partial charge in [-0.3, -0.25) is 0 Å². The Bertz CT molecular complexity index is 3880. The fourth-order valence-corrected chi connectivity index (χ4v) is 10.9. The lowest BCUT2D eigenvalue weighted by Gasteiger charge is -2.16. The molecule has 9 aromatic carbocycles. The highest BCUT2D eigenvalue weighted by atomic mass is 32.1. The van der Waals surface area contributed by atoms with Gasteiger partial charge in [0.2, 0.25) is 0 Å². The summed E-state index contributed by atoms with van der Waals surface area (Å²) in [6.45, 7) is 0. The molecule has 0 N–H and O–H groups in total. The first-order chi connectivity index (χ1) is 30.2. The van der Waals surface area contributed by atoms with Crippen molar-refractivity contribution < 1.29 is 0 Å². The van der Waals surface area contributed by atoms with Crippen LogP contribution in [0.4, 0.5) is 0 Å². The third-order valence-electron chi connectivity index (χ3n) is 12.4. The quantitative estimate of drug-likeness (QED) is 0.167. The van der Waals surface area contributed by atoms with Crippen molar-refractivity contribution >= 4 is 96.5 Å². The Labute approximate surface area is 354 Å². The molecule has 0 fully saturated rings. The Morgan fingerprint density at radius 3 is 1.51 bits per heavy atom. The zero-order valence-electron chi connectivity index (χ0n) is 32.8. The van der Waals surface area contributed by atoms with Gasteiger partial charge in [-0.05, 0) is 67.7 Å². The lowest BCUT2D eigenvalue weighted by molar-refractivity contribution is 1.36. The average Bonchev–Trinajstić information content (AvgIpc) is 3.73. The van der Waals surface area contributed by atoms with Crippen LogP contribution in [0.2, 0.25) is 0 Å². The van der Waals surface area contributed by atoms with Gasteiger partial charge >= 0.3 is 0 Å². The van der Waals surface area contributed by atoms with E-state index in [-0.39, 0.29) is 0 Å². The molecule has 3 nitrogen and oxygen atoms in total. The van der Waals surface area contributed by atoms with Crippen LogP contribution in [0.15, 0.2) is 200 Å². The molecule has 0 saturated carbocycles. The molecule has 0 radical (unpaired) electrons. The van der Waals surface area contributed by atoms with Crippen molar-refractivity contribution in [1.29, 1.82) is 0 Å². The van der Waals surface area contributed by atoms with Crippen molar-refractivity contribution in [2.75, 3.05) is 0 Å². The Kier molecular flexibility index (Phi) is 7.47. The number of thiophene rings is 1. The summed E-state index contributed by atoms with van der Waals surface area (Å²) in [5.74, 6) is 0. The van der Waals surface area contributed by atoms with Crippen molar-refractivity contribution in [2.24, 2.45) is 0 Å². The van der Waals surface area contributed by atoms with E-state index in [1.54, 1.807) is 0 Å². The molecule has 4 aromatic heterocycles. The summed E-state index contributed by atoms with van der Waals surface area (Å²) in [6.07, 6.45) is 0. The first-order valence-corrected chi connectivity index (χ1v) is 21.5. The third-order valence-corrected chi connectivity index (χ3v) is 13.6. The zero-order valence-corrected chi connectivity index (χ0v) is 33.6. The largest absolute Gasteiger partial charge is 0.247 e. The van der Waals surface area contributed by atoms with Crippen molar-refractivity contribution in [2.45, 2.75) is 0 Å². The van der Waals surface area contributed by atoms with E-state index in [1.807, 2.05) is 17.4 Å². The first-order valence-electron chi connectivity index (χ1n) is 20.7. The molecule has 0 bridgehead atoms. The molecule has 13 rings (SSSR count). The molecule has 0 aliphatic rings. The van der Waals surface area contributed by atoms with Crippen LogP contribution in [0.25, 0.3) is 130 Å². The van der Waals surface area contributed by atoms with Crippen LogP contribution in [0, 0.1) is 0 Å². The average molecular weight is 792 g/mol. The predicted octanol–water partition coefficient (Wildman–Crippen LogP) is 15.8. The molecule has 4 heterocycles. The molecule has 0 saturated heterocycles. The summed E-state index contributed by atoms with van der Waals surface area (Å²) in [5, 5.41) is 13.3. The highest BCUT2D eigenvalue weighted by Gasteiger charge is 2.22. The fourth-order valence-electron chi connectivity index (χ4n) is 9.61. The maximum absolute atomic E-state index is 5.65. The highest BCUT2D eigenvalue weighted by Crippen LogP contribution is 2.48. The van der Waals surface area contributed by atoms with Crippen molar-refractivity contribution in [1.82, 2.24) is 15.0 Å². The van der Waals surface area contributed by atoms with Gasteiger partial charge in [0.15, 0.2) is 0 Å². The minimum Gasteiger partial charge on any atom is -0.247 e. The number of rotatable bonds is 4. The van der Waals surface area contributed by atoms with Crippen LogP contribution in [0.5, 0.6) is 0 Å². The van der Waals surface area contributed by atoms with Gasteiger partial charge in [0.05, 0.1) is 33.6 Å². The number of pyridine rings is 3. The van der Waals surface area contributed by atoms with E-state index in [4.69, 9.17) is 15.0 Å². The van der Waals surface area contributed by atoms with Gasteiger partial charge < -0.3 is 0 Å². The molecular formula is C57H33N3S. The van der Waals surface area contributed by atoms with E-state index in [0.717, 1.165) is 66.7 Å². The topological polar surface area (TPSA) is 38.7 Å². The predicted molar refractivity (Wildman–Crippen MR) is 259 cm³/mol. The number of fused-ring (bicyclic) bond motifs is 14. The van der Waals surface area contributed by atoms with E-state index in [9.17, 15) is 0 Å². The Morgan fingerprint density at radius 1 is 0.311 bits per heavy atom. The lowest BCUT2D eigenvalue weighted by atomic mass is 9.89. The first kappa shape index (κ1) is 34.1. The molecule has 282 valence electrons. The molecule has 0 amide bonds. The van der Waals surface area contributed by atoms with Crippen molar-refractivity contribution in [3.8, 4) is 44.9 Å². The van der Waals surface area contributed by atoms with Gasteiger partial charge in [0, 0.05) is 53.0 Å². The molecule has 0 aliphatic heterocycles. The normalized spacial score (nSPS) is 11.9. The van der Waals surface area contributed by atoms with Crippen LogP contribution < -0.4 is 0 Å². The Morgan fingerprint density at radius 2 is 0.820 bits per heavy atom. The van der Waals surface area contributed by atoms with Crippen molar-refractivity contribution in [3.63, 3.8) is 0 Å². The number of hydrogen-bond donors (Lipinski definition) is 0. The lowest BCUT2D eigenvalue weighted by Crippen LogP contribution is -1.93. The van der Waals surface area contributed by atoms with Gasteiger partial charge in [0.1, 0.15) is 0 Å². The summed E-state index contributed by atoms with van der Waals surface area (Å²) >= 11 is 1.87. The molecule has 0 spiro atoms. The van der Waals surface area contributed by atoms with Crippen LogP contribution in [0.1, 0.15) is 0 Å². The van der Waals surface area contributed by atoms with E-state index in [2.05, 4.69) is 194 Å². The molecule has 0 atom stereocenters. The van der Waals surface area contributed by atoms with Crippen LogP contribution >= 0.6 is 11.3 Å². The van der Waals surface area contributed by atoms with E-state index >= 15 is 0 Å². The monoisotopic (exact) mass is 791 g/mol. The zero-order chi connectivity index (χ0) is 40.0. The fraction of sp³-hybridized carbons (Fsp3) is 0. The highest BCUT2D eigenvalue weighted by molar-refractivity contribution is 7.26. The summed E-state index contributed by atoms with van der Waals surface area (Å²) in [4.78, 5) is 16.0. The van der Waals surface area contributed by atoms with Crippen LogP contribution in [0.3, 0.4) is 0 Å². The van der Waals surface area contributed by atoms with Gasteiger partial charge in [-0.2, -0.15) is 0 Å². The smallest absolute Gasteiger partial charge is 0.0972 e. The van der Waals surface area contributed by atoms with Crippen molar-refractivity contribution in [3.05, 3.63) is 200 Å².